The number of carbonyl (C=O) groups excluding carboxylic acids is 2. The minimum atomic E-state index is -0.442. The van der Waals surface area contributed by atoms with Crippen LogP contribution in [0.5, 0.6) is 17.2 Å². The molecule has 4 rings (SSSR count). The van der Waals surface area contributed by atoms with Crippen molar-refractivity contribution in [3.8, 4) is 17.2 Å². The Hall–Kier alpha value is -3.66. The summed E-state index contributed by atoms with van der Waals surface area (Å²) in [5.74, 6) is 1.15. The van der Waals surface area contributed by atoms with Gasteiger partial charge >= 0.3 is 0 Å². The minimum absolute atomic E-state index is 0.0917. The lowest BCUT2D eigenvalue weighted by Gasteiger charge is -2.04. The first-order valence-electron chi connectivity index (χ1n) is 8.58. The second kappa shape index (κ2) is 8.15. The molecule has 0 saturated carbocycles. The summed E-state index contributed by atoms with van der Waals surface area (Å²) in [6.07, 6.45) is 0. The lowest BCUT2D eigenvalue weighted by atomic mass is 10.2. The quantitative estimate of drug-likeness (QED) is 0.640. The molecule has 0 spiro atoms. The summed E-state index contributed by atoms with van der Waals surface area (Å²) < 4.78 is 15.6. The predicted octanol–water partition coefficient (Wildman–Crippen LogP) is 2.46. The van der Waals surface area contributed by atoms with E-state index in [1.807, 2.05) is 6.07 Å². The number of anilines is 1. The van der Waals surface area contributed by atoms with Gasteiger partial charge in [0, 0.05) is 12.2 Å². The van der Waals surface area contributed by atoms with E-state index < -0.39 is 11.8 Å². The highest BCUT2D eigenvalue weighted by molar-refractivity contribution is 7.15. The van der Waals surface area contributed by atoms with E-state index in [0.717, 1.165) is 16.9 Å². The average Bonchev–Trinajstić information content (AvgIpc) is 3.42. The smallest absolute Gasteiger partial charge is 0.286 e. The predicted molar refractivity (Wildman–Crippen MR) is 105 cm³/mol. The van der Waals surface area contributed by atoms with Gasteiger partial charge in [0.1, 0.15) is 5.75 Å². The summed E-state index contributed by atoms with van der Waals surface area (Å²) in [5, 5.41) is 13.3. The molecule has 10 heteroatoms. The van der Waals surface area contributed by atoms with Gasteiger partial charge in [-0.2, -0.15) is 0 Å². The molecular formula is C19H16N4O5S. The van der Waals surface area contributed by atoms with Crippen LogP contribution < -0.4 is 24.8 Å². The van der Waals surface area contributed by atoms with Gasteiger partial charge in [-0.25, -0.2) is 0 Å². The maximum Gasteiger partial charge on any atom is 0.286 e. The number of hydrogen-bond donors (Lipinski definition) is 2. The molecule has 0 atom stereocenters. The second-order valence-corrected chi connectivity index (χ2v) is 6.94. The van der Waals surface area contributed by atoms with E-state index in [4.69, 9.17) is 14.2 Å². The number of benzene rings is 2. The molecule has 0 fully saturated rings. The fourth-order valence-corrected chi connectivity index (χ4v) is 3.23. The van der Waals surface area contributed by atoms with E-state index in [9.17, 15) is 9.59 Å². The van der Waals surface area contributed by atoms with Crippen LogP contribution in [0, 0.1) is 0 Å². The van der Waals surface area contributed by atoms with Crippen LogP contribution in [0.3, 0.4) is 0 Å². The molecule has 1 aliphatic heterocycles. The lowest BCUT2D eigenvalue weighted by molar-refractivity contribution is 0.0948. The van der Waals surface area contributed by atoms with Gasteiger partial charge in [0.25, 0.3) is 11.8 Å². The molecule has 29 heavy (non-hydrogen) atoms. The van der Waals surface area contributed by atoms with Crippen molar-refractivity contribution in [1.29, 1.82) is 0 Å². The van der Waals surface area contributed by atoms with E-state index in [-0.39, 0.29) is 23.4 Å². The third-order valence-electron chi connectivity index (χ3n) is 4.05. The number of nitrogens with one attached hydrogen (secondary N) is 2. The molecule has 2 amide bonds. The molecule has 3 aromatic rings. The van der Waals surface area contributed by atoms with E-state index in [1.165, 1.54) is 0 Å². The molecule has 2 N–H and O–H groups in total. The van der Waals surface area contributed by atoms with Gasteiger partial charge in [-0.3, -0.25) is 9.59 Å². The zero-order valence-corrected chi connectivity index (χ0v) is 16.1. The Morgan fingerprint density at radius 3 is 2.52 bits per heavy atom. The first-order valence-corrected chi connectivity index (χ1v) is 9.39. The summed E-state index contributed by atoms with van der Waals surface area (Å²) in [6.45, 7) is 0.472. The highest BCUT2D eigenvalue weighted by atomic mass is 32.1. The lowest BCUT2D eigenvalue weighted by Crippen LogP contribution is -2.22. The number of fused-ring (bicyclic) bond motifs is 1. The molecule has 0 radical (unpaired) electrons. The molecule has 9 nitrogen and oxygen atoms in total. The summed E-state index contributed by atoms with van der Waals surface area (Å²) in [7, 11) is 1.56. The van der Waals surface area contributed by atoms with E-state index >= 15 is 0 Å². The zero-order chi connectivity index (χ0) is 20.2. The summed E-state index contributed by atoms with van der Waals surface area (Å²) >= 11 is 0.916. The van der Waals surface area contributed by atoms with Gasteiger partial charge < -0.3 is 24.8 Å². The Labute approximate surface area is 169 Å². The van der Waals surface area contributed by atoms with Crippen LogP contribution >= 0.6 is 11.3 Å². The maximum atomic E-state index is 12.3. The Kier molecular flexibility index (Phi) is 5.25. The fraction of sp³-hybridized carbons (Fsp3) is 0.158. The summed E-state index contributed by atoms with van der Waals surface area (Å²) in [5.41, 5.74) is 1.43. The van der Waals surface area contributed by atoms with Crippen LogP contribution in [0.1, 0.15) is 25.2 Å². The van der Waals surface area contributed by atoms with Crippen LogP contribution in [0.2, 0.25) is 0 Å². The third kappa shape index (κ3) is 4.27. The molecule has 0 saturated heterocycles. The number of amides is 2. The number of rotatable bonds is 6. The Morgan fingerprint density at radius 2 is 1.76 bits per heavy atom. The molecule has 2 heterocycles. The number of aromatic nitrogens is 2. The van der Waals surface area contributed by atoms with E-state index in [1.54, 1.807) is 43.5 Å². The van der Waals surface area contributed by atoms with Crippen molar-refractivity contribution in [2.45, 2.75) is 6.54 Å². The van der Waals surface area contributed by atoms with Gasteiger partial charge in [-0.1, -0.05) is 17.4 Å². The van der Waals surface area contributed by atoms with Crippen molar-refractivity contribution < 1.29 is 23.8 Å². The molecule has 1 aromatic heterocycles. The molecule has 148 valence electrons. The number of carbonyl (C=O) groups is 2. The van der Waals surface area contributed by atoms with Gasteiger partial charge in [0.15, 0.2) is 11.5 Å². The van der Waals surface area contributed by atoms with Crippen LogP contribution in [0.4, 0.5) is 5.69 Å². The largest absolute Gasteiger partial charge is 0.497 e. The van der Waals surface area contributed by atoms with Gasteiger partial charge in [0.2, 0.25) is 16.8 Å². The third-order valence-corrected chi connectivity index (χ3v) is 4.97. The average molecular weight is 412 g/mol. The van der Waals surface area contributed by atoms with Crippen LogP contribution in [0.15, 0.2) is 42.5 Å². The first-order chi connectivity index (χ1) is 14.1. The SMILES string of the molecule is COc1ccc(NC(=O)c2nnc(C(=O)NCc3ccc4c(c3)OCO4)s2)cc1. The highest BCUT2D eigenvalue weighted by Crippen LogP contribution is 2.32. The fourth-order valence-electron chi connectivity index (χ4n) is 2.57. The molecule has 0 bridgehead atoms. The Morgan fingerprint density at radius 1 is 1.03 bits per heavy atom. The Balaban J connectivity index is 1.35. The van der Waals surface area contributed by atoms with Crippen molar-refractivity contribution in [2.24, 2.45) is 0 Å². The van der Waals surface area contributed by atoms with Crippen molar-refractivity contribution >= 4 is 28.8 Å². The number of ether oxygens (including phenoxy) is 3. The topological polar surface area (TPSA) is 112 Å². The van der Waals surface area contributed by atoms with Crippen molar-refractivity contribution in [1.82, 2.24) is 15.5 Å². The van der Waals surface area contributed by atoms with Crippen LogP contribution in [-0.4, -0.2) is 35.9 Å². The molecule has 2 aromatic carbocycles. The van der Waals surface area contributed by atoms with Crippen LogP contribution in [-0.2, 0) is 6.54 Å². The highest BCUT2D eigenvalue weighted by Gasteiger charge is 2.18. The van der Waals surface area contributed by atoms with Gasteiger partial charge in [0.05, 0.1) is 7.11 Å². The second-order valence-electron chi connectivity index (χ2n) is 5.97. The number of hydrogen-bond acceptors (Lipinski definition) is 8. The molecule has 0 unspecified atom stereocenters. The van der Waals surface area contributed by atoms with Crippen molar-refractivity contribution in [2.75, 3.05) is 19.2 Å². The van der Waals surface area contributed by atoms with Gasteiger partial charge in [-0.15, -0.1) is 10.2 Å². The summed E-state index contributed by atoms with van der Waals surface area (Å²) in [6, 6.07) is 12.3. The number of methoxy groups -OCH3 is 1. The monoisotopic (exact) mass is 412 g/mol. The van der Waals surface area contributed by atoms with Crippen molar-refractivity contribution in [3.05, 3.63) is 58.0 Å². The zero-order valence-electron chi connectivity index (χ0n) is 15.3. The molecular weight excluding hydrogens is 396 g/mol. The standard InChI is InChI=1S/C19H16N4O5S/c1-26-13-5-3-12(4-6-13)21-17(25)19-23-22-18(29-19)16(24)20-9-11-2-7-14-15(8-11)28-10-27-14/h2-8H,9-10H2,1H3,(H,20,24)(H,21,25). The maximum absolute atomic E-state index is 12.3. The minimum Gasteiger partial charge on any atom is -0.497 e. The summed E-state index contributed by atoms with van der Waals surface area (Å²) in [4.78, 5) is 24.6. The Bertz CT molecular complexity index is 1050. The van der Waals surface area contributed by atoms with Gasteiger partial charge in [-0.05, 0) is 42.0 Å². The van der Waals surface area contributed by atoms with Crippen LogP contribution in [0.25, 0.3) is 0 Å². The first kappa shape index (κ1) is 18.7. The molecule has 0 aliphatic carbocycles. The van der Waals surface area contributed by atoms with Crippen molar-refractivity contribution in [3.63, 3.8) is 0 Å². The van der Waals surface area contributed by atoms with E-state index in [0.29, 0.717) is 22.9 Å². The number of nitrogens with zero attached hydrogens (tertiary/aromatic N) is 2. The molecule has 1 aliphatic rings. The van der Waals surface area contributed by atoms with E-state index in [2.05, 4.69) is 20.8 Å². The normalized spacial score (nSPS) is 11.8.